The lowest BCUT2D eigenvalue weighted by Crippen LogP contribution is -2.29. The first-order valence-electron chi connectivity index (χ1n) is 10.6. The van der Waals surface area contributed by atoms with Crippen LogP contribution in [0.5, 0.6) is 11.5 Å². The van der Waals surface area contributed by atoms with Gasteiger partial charge in [0.15, 0.2) is 0 Å². The van der Waals surface area contributed by atoms with Gasteiger partial charge in [0.1, 0.15) is 24.7 Å². The van der Waals surface area contributed by atoms with Gasteiger partial charge >= 0.3 is 0 Å². The highest BCUT2D eigenvalue weighted by molar-refractivity contribution is 5.96. The third-order valence-electron chi connectivity index (χ3n) is 5.61. The number of nitrogens with zero attached hydrogens (tertiary/aromatic N) is 1. The van der Waals surface area contributed by atoms with E-state index < -0.39 is 0 Å². The van der Waals surface area contributed by atoms with Gasteiger partial charge in [-0.15, -0.1) is 0 Å². The molecule has 1 aliphatic heterocycles. The molecular formula is C25H30N2O2. The summed E-state index contributed by atoms with van der Waals surface area (Å²) in [6.45, 7) is 4.68. The second-order valence-corrected chi connectivity index (χ2v) is 7.74. The maximum absolute atomic E-state index is 6.07. The Kier molecular flexibility index (Phi) is 6.52. The summed E-state index contributed by atoms with van der Waals surface area (Å²) in [5.74, 6) is 1.77. The first kappa shape index (κ1) is 19.6. The third-order valence-corrected chi connectivity index (χ3v) is 5.61. The maximum atomic E-state index is 6.07. The van der Waals surface area contributed by atoms with E-state index in [9.17, 15) is 0 Å². The van der Waals surface area contributed by atoms with Crippen molar-refractivity contribution in [3.05, 3.63) is 66.2 Å². The lowest BCUT2D eigenvalue weighted by atomic mass is 10.1. The van der Waals surface area contributed by atoms with E-state index in [1.54, 1.807) is 0 Å². The minimum atomic E-state index is 0.516. The van der Waals surface area contributed by atoms with Crippen LogP contribution in [0.25, 0.3) is 10.8 Å². The van der Waals surface area contributed by atoms with Gasteiger partial charge in [-0.05, 0) is 55.8 Å². The minimum Gasteiger partial charge on any atom is -0.492 e. The van der Waals surface area contributed by atoms with Crippen molar-refractivity contribution in [1.82, 2.24) is 4.90 Å². The summed E-state index contributed by atoms with van der Waals surface area (Å²) in [6.07, 6.45) is 5.37. The average Bonchev–Trinajstić information content (AvgIpc) is 3.03. The molecule has 3 aromatic rings. The molecule has 0 amide bonds. The summed E-state index contributed by atoms with van der Waals surface area (Å²) in [7, 11) is 0. The first-order chi connectivity index (χ1) is 14.3. The summed E-state index contributed by atoms with van der Waals surface area (Å²) >= 11 is 0. The van der Waals surface area contributed by atoms with Crippen LogP contribution < -0.4 is 15.2 Å². The monoisotopic (exact) mass is 390 g/mol. The zero-order chi connectivity index (χ0) is 19.9. The Hall–Kier alpha value is -2.72. The summed E-state index contributed by atoms with van der Waals surface area (Å²) < 4.78 is 12.0. The van der Waals surface area contributed by atoms with Crippen molar-refractivity contribution in [3.8, 4) is 11.5 Å². The van der Waals surface area contributed by atoms with Crippen molar-refractivity contribution < 1.29 is 9.47 Å². The number of hydrogen-bond acceptors (Lipinski definition) is 4. The summed E-state index contributed by atoms with van der Waals surface area (Å²) in [6, 6.07) is 20.1. The van der Waals surface area contributed by atoms with Gasteiger partial charge in [-0.25, -0.2) is 0 Å². The van der Waals surface area contributed by atoms with Crippen molar-refractivity contribution in [1.29, 1.82) is 0 Å². The van der Waals surface area contributed by atoms with Gasteiger partial charge in [-0.2, -0.15) is 0 Å². The molecule has 0 atom stereocenters. The number of benzene rings is 3. The highest BCUT2D eigenvalue weighted by atomic mass is 16.5. The molecule has 2 N–H and O–H groups in total. The molecule has 4 heteroatoms. The van der Waals surface area contributed by atoms with Crippen molar-refractivity contribution in [3.63, 3.8) is 0 Å². The van der Waals surface area contributed by atoms with Crippen LogP contribution in [0.4, 0.5) is 5.69 Å². The molecule has 4 rings (SSSR count). The van der Waals surface area contributed by atoms with Crippen LogP contribution in [0.3, 0.4) is 0 Å². The van der Waals surface area contributed by atoms with E-state index in [1.807, 2.05) is 48.5 Å². The SMILES string of the molecule is Nc1ccc(OCc2ccc(OCCN3CCCCCC3)cc2)c2ccccc12. The molecule has 1 saturated heterocycles. The molecule has 29 heavy (non-hydrogen) atoms. The molecule has 0 spiro atoms. The van der Waals surface area contributed by atoms with Crippen LogP contribution in [0.1, 0.15) is 31.2 Å². The summed E-state index contributed by atoms with van der Waals surface area (Å²) in [5.41, 5.74) is 7.96. The first-order valence-corrected chi connectivity index (χ1v) is 10.6. The predicted molar refractivity (Wildman–Crippen MR) is 120 cm³/mol. The molecule has 0 aromatic heterocycles. The summed E-state index contributed by atoms with van der Waals surface area (Å²) in [5, 5.41) is 2.07. The Balaban J connectivity index is 1.29. The topological polar surface area (TPSA) is 47.7 Å². The summed E-state index contributed by atoms with van der Waals surface area (Å²) in [4.78, 5) is 2.52. The largest absolute Gasteiger partial charge is 0.492 e. The molecule has 1 aliphatic rings. The number of hydrogen-bond donors (Lipinski definition) is 1. The Bertz CT molecular complexity index is 916. The number of likely N-dealkylation sites (tertiary alicyclic amines) is 1. The molecule has 1 heterocycles. The van der Waals surface area contributed by atoms with Gasteiger partial charge < -0.3 is 15.2 Å². The molecule has 152 valence electrons. The number of rotatable bonds is 7. The Morgan fingerprint density at radius 3 is 2.24 bits per heavy atom. The molecular weight excluding hydrogens is 360 g/mol. The Morgan fingerprint density at radius 2 is 1.48 bits per heavy atom. The molecule has 3 aromatic carbocycles. The molecule has 0 aliphatic carbocycles. The van der Waals surface area contributed by atoms with Crippen molar-refractivity contribution in [2.75, 3.05) is 32.0 Å². The zero-order valence-electron chi connectivity index (χ0n) is 17.0. The number of anilines is 1. The normalized spacial score (nSPS) is 15.2. The molecule has 0 unspecified atom stereocenters. The maximum Gasteiger partial charge on any atom is 0.127 e. The Labute approximate surface area is 173 Å². The molecule has 4 nitrogen and oxygen atoms in total. The predicted octanol–water partition coefficient (Wildman–Crippen LogP) is 5.26. The van der Waals surface area contributed by atoms with Crippen LogP contribution in [-0.2, 0) is 6.61 Å². The van der Waals surface area contributed by atoms with E-state index in [0.29, 0.717) is 6.61 Å². The quantitative estimate of drug-likeness (QED) is 0.559. The second-order valence-electron chi connectivity index (χ2n) is 7.74. The van der Waals surface area contributed by atoms with Gasteiger partial charge in [-0.1, -0.05) is 49.2 Å². The van der Waals surface area contributed by atoms with Crippen molar-refractivity contribution in [2.24, 2.45) is 0 Å². The lowest BCUT2D eigenvalue weighted by molar-refractivity contribution is 0.214. The van der Waals surface area contributed by atoms with Crippen LogP contribution >= 0.6 is 0 Å². The average molecular weight is 391 g/mol. The molecule has 0 bridgehead atoms. The minimum absolute atomic E-state index is 0.516. The fourth-order valence-electron chi connectivity index (χ4n) is 3.92. The van der Waals surface area contributed by atoms with Gasteiger partial charge in [0.25, 0.3) is 0 Å². The van der Waals surface area contributed by atoms with Crippen molar-refractivity contribution >= 4 is 16.5 Å². The fraction of sp³-hybridized carbons (Fsp3) is 0.360. The van der Waals surface area contributed by atoms with Gasteiger partial charge in [0.05, 0.1) is 0 Å². The van der Waals surface area contributed by atoms with E-state index in [2.05, 4.69) is 17.0 Å². The third kappa shape index (κ3) is 5.21. The zero-order valence-corrected chi connectivity index (χ0v) is 17.0. The molecule has 0 saturated carbocycles. The van der Waals surface area contributed by atoms with Crippen molar-refractivity contribution in [2.45, 2.75) is 32.3 Å². The van der Waals surface area contributed by atoms with Crippen LogP contribution in [0.15, 0.2) is 60.7 Å². The van der Waals surface area contributed by atoms with Gasteiger partial charge in [0, 0.05) is 23.0 Å². The second kappa shape index (κ2) is 9.66. The van der Waals surface area contributed by atoms with Gasteiger partial charge in [0.2, 0.25) is 0 Å². The van der Waals surface area contributed by atoms with Crippen LogP contribution in [-0.4, -0.2) is 31.1 Å². The Morgan fingerprint density at radius 1 is 0.759 bits per heavy atom. The number of nitrogens with two attached hydrogens (primary N) is 1. The van der Waals surface area contributed by atoms with E-state index in [1.165, 1.54) is 38.8 Å². The number of nitrogen functional groups attached to an aromatic ring is 1. The van der Waals surface area contributed by atoms with E-state index in [0.717, 1.165) is 46.7 Å². The lowest BCUT2D eigenvalue weighted by Gasteiger charge is -2.19. The number of ether oxygens (including phenoxy) is 2. The molecule has 0 radical (unpaired) electrons. The van der Waals surface area contributed by atoms with E-state index >= 15 is 0 Å². The highest BCUT2D eigenvalue weighted by Crippen LogP contribution is 2.30. The van der Waals surface area contributed by atoms with Crippen LogP contribution in [0, 0.1) is 0 Å². The number of fused-ring (bicyclic) bond motifs is 1. The van der Waals surface area contributed by atoms with Crippen LogP contribution in [0.2, 0.25) is 0 Å². The smallest absolute Gasteiger partial charge is 0.127 e. The van der Waals surface area contributed by atoms with E-state index in [4.69, 9.17) is 15.2 Å². The standard InChI is InChI=1S/C25H30N2O2/c26-24-13-14-25(23-8-4-3-7-22(23)24)29-19-20-9-11-21(12-10-20)28-18-17-27-15-5-1-2-6-16-27/h3-4,7-14H,1-2,5-6,15-19,26H2. The van der Waals surface area contributed by atoms with E-state index in [-0.39, 0.29) is 0 Å². The highest BCUT2D eigenvalue weighted by Gasteiger charge is 2.09. The molecule has 1 fully saturated rings. The fourth-order valence-corrected chi connectivity index (χ4v) is 3.92. The van der Waals surface area contributed by atoms with Gasteiger partial charge in [-0.3, -0.25) is 4.90 Å².